The summed E-state index contributed by atoms with van der Waals surface area (Å²) in [4.78, 5) is 25.2. The molecule has 1 heterocycles. The van der Waals surface area contributed by atoms with E-state index < -0.39 is 6.29 Å². The zero-order valence-corrected chi connectivity index (χ0v) is 10.0. The Hall–Kier alpha value is -1.66. The molecule has 0 aliphatic rings. The third-order valence-corrected chi connectivity index (χ3v) is 2.24. The molecular formula is C11H16N2O4. The van der Waals surface area contributed by atoms with Gasteiger partial charge in [0, 0.05) is 20.3 Å². The predicted molar refractivity (Wildman–Crippen MR) is 61.8 cm³/mol. The highest BCUT2D eigenvalue weighted by Crippen LogP contribution is 2.00. The first-order valence-electron chi connectivity index (χ1n) is 5.14. The van der Waals surface area contributed by atoms with Gasteiger partial charge < -0.3 is 19.8 Å². The van der Waals surface area contributed by atoms with Crippen LogP contribution in [0.2, 0.25) is 0 Å². The molecule has 0 aromatic carbocycles. The first-order valence-corrected chi connectivity index (χ1v) is 5.14. The van der Waals surface area contributed by atoms with E-state index in [-0.39, 0.29) is 23.2 Å². The molecule has 1 atom stereocenters. The Morgan fingerprint density at radius 3 is 2.53 bits per heavy atom. The molecule has 6 nitrogen and oxygen atoms in total. The molecule has 0 spiro atoms. The number of aromatic amines is 1. The third kappa shape index (κ3) is 3.69. The molecule has 0 saturated carbocycles. The Bertz CT molecular complexity index is 425. The van der Waals surface area contributed by atoms with Gasteiger partial charge in [0.05, 0.1) is 6.04 Å². The lowest BCUT2D eigenvalue weighted by Gasteiger charge is -2.21. The monoisotopic (exact) mass is 240 g/mol. The third-order valence-electron chi connectivity index (χ3n) is 2.24. The molecule has 0 aliphatic carbocycles. The highest BCUT2D eigenvalue weighted by Gasteiger charge is 2.18. The van der Waals surface area contributed by atoms with Crippen molar-refractivity contribution in [2.24, 2.45) is 0 Å². The maximum Gasteiger partial charge on any atom is 0.268 e. The van der Waals surface area contributed by atoms with Crippen molar-refractivity contribution in [2.45, 2.75) is 19.3 Å². The summed E-state index contributed by atoms with van der Waals surface area (Å²) in [5, 5.41) is 2.67. The molecule has 1 rings (SSSR count). The van der Waals surface area contributed by atoms with Crippen LogP contribution >= 0.6 is 0 Å². The van der Waals surface area contributed by atoms with Gasteiger partial charge in [-0.2, -0.15) is 0 Å². The van der Waals surface area contributed by atoms with Gasteiger partial charge in [-0.1, -0.05) is 6.07 Å². The van der Waals surface area contributed by atoms with Crippen molar-refractivity contribution in [3.8, 4) is 0 Å². The summed E-state index contributed by atoms with van der Waals surface area (Å²) < 4.78 is 10.0. The van der Waals surface area contributed by atoms with Crippen LogP contribution in [0, 0.1) is 0 Å². The molecule has 17 heavy (non-hydrogen) atoms. The van der Waals surface area contributed by atoms with E-state index in [1.54, 1.807) is 6.92 Å². The number of ether oxygens (including phenoxy) is 2. The van der Waals surface area contributed by atoms with Crippen molar-refractivity contribution < 1.29 is 14.3 Å². The fourth-order valence-corrected chi connectivity index (χ4v) is 1.44. The van der Waals surface area contributed by atoms with E-state index in [1.807, 2.05) is 0 Å². The molecule has 1 aromatic rings. The Balaban J connectivity index is 2.69. The Kier molecular flexibility index (Phi) is 4.86. The van der Waals surface area contributed by atoms with E-state index >= 15 is 0 Å². The fourth-order valence-electron chi connectivity index (χ4n) is 1.44. The topological polar surface area (TPSA) is 80.4 Å². The smallest absolute Gasteiger partial charge is 0.268 e. The number of H-pyrrole nitrogens is 1. The zero-order valence-electron chi connectivity index (χ0n) is 10.0. The summed E-state index contributed by atoms with van der Waals surface area (Å²) in [6, 6.07) is 4.05. The summed E-state index contributed by atoms with van der Waals surface area (Å²) in [5.41, 5.74) is -0.115. The lowest BCUT2D eigenvalue weighted by atomic mass is 10.3. The molecule has 0 saturated heterocycles. The van der Waals surface area contributed by atoms with Gasteiger partial charge in [0.1, 0.15) is 5.69 Å². The van der Waals surface area contributed by atoms with Crippen LogP contribution in [-0.4, -0.2) is 37.4 Å². The summed E-state index contributed by atoms with van der Waals surface area (Å²) in [6.07, 6.45) is -0.533. The maximum absolute atomic E-state index is 11.8. The van der Waals surface area contributed by atoms with Crippen molar-refractivity contribution >= 4 is 5.91 Å². The molecule has 2 N–H and O–H groups in total. The summed E-state index contributed by atoms with van der Waals surface area (Å²) >= 11 is 0. The maximum atomic E-state index is 11.8. The number of aromatic nitrogens is 1. The second kappa shape index (κ2) is 6.17. The Morgan fingerprint density at radius 2 is 2.00 bits per heavy atom. The first kappa shape index (κ1) is 13.4. The van der Waals surface area contributed by atoms with Crippen LogP contribution in [-0.2, 0) is 9.47 Å². The first-order chi connectivity index (χ1) is 8.08. The number of carbonyl (C=O) groups is 1. The second-order valence-corrected chi connectivity index (χ2v) is 3.53. The van der Waals surface area contributed by atoms with Gasteiger partial charge in [0.25, 0.3) is 5.91 Å². The summed E-state index contributed by atoms with van der Waals surface area (Å²) in [6.45, 7) is 1.75. The van der Waals surface area contributed by atoms with Gasteiger partial charge in [0.2, 0.25) is 5.56 Å². The lowest BCUT2D eigenvalue weighted by Crippen LogP contribution is -2.43. The van der Waals surface area contributed by atoms with Crippen molar-refractivity contribution in [2.75, 3.05) is 14.2 Å². The van der Waals surface area contributed by atoms with Gasteiger partial charge >= 0.3 is 0 Å². The molecule has 1 amide bonds. The summed E-state index contributed by atoms with van der Waals surface area (Å²) in [7, 11) is 2.97. The van der Waals surface area contributed by atoms with E-state index in [2.05, 4.69) is 10.3 Å². The molecule has 0 fully saturated rings. The van der Waals surface area contributed by atoms with Crippen LogP contribution in [0.5, 0.6) is 0 Å². The Labute approximate surface area is 98.9 Å². The minimum atomic E-state index is -0.533. The van der Waals surface area contributed by atoms with Crippen molar-refractivity contribution in [3.05, 3.63) is 34.2 Å². The van der Waals surface area contributed by atoms with E-state index in [4.69, 9.17) is 9.47 Å². The van der Waals surface area contributed by atoms with E-state index in [1.165, 1.54) is 32.4 Å². The van der Waals surface area contributed by atoms with Gasteiger partial charge in [-0.15, -0.1) is 0 Å². The predicted octanol–water partition coefficient (Wildman–Crippen LogP) is 0.112. The number of hydrogen-bond acceptors (Lipinski definition) is 4. The number of rotatable bonds is 5. The highest BCUT2D eigenvalue weighted by molar-refractivity contribution is 5.92. The van der Waals surface area contributed by atoms with E-state index in [0.717, 1.165) is 0 Å². The molecule has 0 bridgehead atoms. The van der Waals surface area contributed by atoms with Crippen LogP contribution in [0.15, 0.2) is 23.0 Å². The number of amides is 1. The average molecular weight is 240 g/mol. The normalized spacial score (nSPS) is 12.5. The van der Waals surface area contributed by atoms with E-state index in [0.29, 0.717) is 0 Å². The standard InChI is InChI=1S/C11H16N2O4/c1-7(11(16-2)17-3)12-10(15)8-5-4-6-9(14)13-8/h4-7,11H,1-3H3,(H,12,15)(H,13,14). The zero-order chi connectivity index (χ0) is 12.8. The number of hydrogen-bond donors (Lipinski definition) is 2. The molecular weight excluding hydrogens is 224 g/mol. The molecule has 1 aromatic heterocycles. The van der Waals surface area contributed by atoms with E-state index in [9.17, 15) is 9.59 Å². The number of nitrogens with one attached hydrogen (secondary N) is 2. The van der Waals surface area contributed by atoms with Crippen LogP contribution in [0.25, 0.3) is 0 Å². The molecule has 1 unspecified atom stereocenters. The van der Waals surface area contributed by atoms with Crippen molar-refractivity contribution in [3.63, 3.8) is 0 Å². The van der Waals surface area contributed by atoms with Gasteiger partial charge in [-0.3, -0.25) is 9.59 Å². The van der Waals surface area contributed by atoms with Gasteiger partial charge in [0.15, 0.2) is 6.29 Å². The van der Waals surface area contributed by atoms with Crippen molar-refractivity contribution in [1.29, 1.82) is 0 Å². The Morgan fingerprint density at radius 1 is 1.35 bits per heavy atom. The molecule has 94 valence electrons. The van der Waals surface area contributed by atoms with Crippen LogP contribution in [0.1, 0.15) is 17.4 Å². The van der Waals surface area contributed by atoms with Crippen LogP contribution in [0.4, 0.5) is 0 Å². The summed E-state index contributed by atoms with van der Waals surface area (Å²) in [5.74, 6) is -0.380. The number of pyridine rings is 1. The molecule has 0 aliphatic heterocycles. The van der Waals surface area contributed by atoms with Gasteiger partial charge in [-0.25, -0.2) is 0 Å². The van der Waals surface area contributed by atoms with Crippen LogP contribution < -0.4 is 10.9 Å². The lowest BCUT2D eigenvalue weighted by molar-refractivity contribution is -0.117. The molecule has 0 radical (unpaired) electrons. The largest absolute Gasteiger partial charge is 0.354 e. The fraction of sp³-hybridized carbons (Fsp3) is 0.455. The minimum absolute atomic E-state index is 0.204. The SMILES string of the molecule is COC(OC)C(C)NC(=O)c1cccc(=O)[nH]1. The van der Waals surface area contributed by atoms with Crippen LogP contribution in [0.3, 0.4) is 0 Å². The van der Waals surface area contributed by atoms with Gasteiger partial charge in [-0.05, 0) is 13.0 Å². The second-order valence-electron chi connectivity index (χ2n) is 3.53. The quantitative estimate of drug-likeness (QED) is 0.716. The highest BCUT2D eigenvalue weighted by atomic mass is 16.7. The number of carbonyl (C=O) groups excluding carboxylic acids is 1. The molecule has 6 heteroatoms. The van der Waals surface area contributed by atoms with Crippen molar-refractivity contribution in [1.82, 2.24) is 10.3 Å². The average Bonchev–Trinajstić information content (AvgIpc) is 2.30. The number of methoxy groups -OCH3 is 2. The minimum Gasteiger partial charge on any atom is -0.354 e.